The molecule has 1 N–H and O–H groups in total. The molecule has 8 nitrogen and oxygen atoms in total. The van der Waals surface area contributed by atoms with E-state index in [0.29, 0.717) is 32.8 Å². The lowest BCUT2D eigenvalue weighted by Gasteiger charge is -2.34. The topological polar surface area (TPSA) is 96.0 Å². The van der Waals surface area contributed by atoms with Crippen LogP contribution in [0.2, 0.25) is 0 Å². The number of hydrogen-bond acceptors (Lipinski definition) is 5. The lowest BCUT2D eigenvalue weighted by Crippen LogP contribution is -2.50. The van der Waals surface area contributed by atoms with E-state index in [-0.39, 0.29) is 22.1 Å². The number of rotatable bonds is 5. The minimum absolute atomic E-state index is 0.0935. The van der Waals surface area contributed by atoms with Crippen molar-refractivity contribution in [2.24, 2.45) is 0 Å². The number of sulfonamides is 1. The summed E-state index contributed by atoms with van der Waals surface area (Å²) in [5, 5.41) is 0. The van der Waals surface area contributed by atoms with E-state index in [1.807, 2.05) is 0 Å². The summed E-state index contributed by atoms with van der Waals surface area (Å²) in [6.45, 7) is 3.43. The van der Waals surface area contributed by atoms with Gasteiger partial charge in [-0.25, -0.2) is 13.2 Å². The Hall–Kier alpha value is -2.59. The Kier molecular flexibility index (Phi) is 6.99. The third-order valence-electron chi connectivity index (χ3n) is 4.62. The first-order chi connectivity index (χ1) is 14.3. The average molecular weight is 496 g/mol. The van der Waals surface area contributed by atoms with Gasteiger partial charge in [0.25, 0.3) is 15.9 Å². The first-order valence-electron chi connectivity index (χ1n) is 9.40. The summed E-state index contributed by atoms with van der Waals surface area (Å²) in [5.74, 6) is -0.299. The maximum Gasteiger partial charge on any atom is 0.409 e. The molecule has 0 aliphatic carbocycles. The fourth-order valence-corrected chi connectivity index (χ4v) is 4.40. The molecule has 1 heterocycles. The van der Waals surface area contributed by atoms with Crippen LogP contribution in [0.15, 0.2) is 57.9 Å². The van der Waals surface area contributed by atoms with Crippen molar-refractivity contribution in [3.8, 4) is 0 Å². The SMILES string of the molecule is CCOC(=O)N1CCN(C(=O)c2ccccc2NS(=O)(=O)c2ccc(Br)cc2)CC1. The molecule has 0 saturated carbocycles. The van der Waals surface area contributed by atoms with Crippen LogP contribution in [0.4, 0.5) is 10.5 Å². The number of amides is 2. The summed E-state index contributed by atoms with van der Waals surface area (Å²) in [6.07, 6.45) is -0.396. The van der Waals surface area contributed by atoms with Crippen LogP contribution in [0.3, 0.4) is 0 Å². The molecule has 0 bridgehead atoms. The first kappa shape index (κ1) is 22.1. The lowest BCUT2D eigenvalue weighted by molar-refractivity contribution is 0.0571. The number of nitrogens with one attached hydrogen (secondary N) is 1. The van der Waals surface area contributed by atoms with Crippen molar-refractivity contribution in [3.63, 3.8) is 0 Å². The van der Waals surface area contributed by atoms with Gasteiger partial charge in [-0.15, -0.1) is 0 Å². The summed E-state index contributed by atoms with van der Waals surface area (Å²) in [4.78, 5) is 28.1. The smallest absolute Gasteiger partial charge is 0.409 e. The van der Waals surface area contributed by atoms with Crippen LogP contribution in [-0.2, 0) is 14.8 Å². The van der Waals surface area contributed by atoms with Crippen molar-refractivity contribution in [3.05, 3.63) is 58.6 Å². The number of carbonyl (C=O) groups is 2. The minimum Gasteiger partial charge on any atom is -0.450 e. The molecule has 2 aromatic carbocycles. The molecule has 1 saturated heterocycles. The predicted octanol–water partition coefficient (Wildman–Crippen LogP) is 3.16. The molecular weight excluding hydrogens is 474 g/mol. The van der Waals surface area contributed by atoms with E-state index in [4.69, 9.17) is 4.74 Å². The molecule has 0 aromatic heterocycles. The summed E-state index contributed by atoms with van der Waals surface area (Å²) >= 11 is 3.28. The van der Waals surface area contributed by atoms with E-state index < -0.39 is 16.1 Å². The van der Waals surface area contributed by atoms with Gasteiger partial charge in [-0.2, -0.15) is 0 Å². The lowest BCUT2D eigenvalue weighted by atomic mass is 10.1. The van der Waals surface area contributed by atoms with Crippen LogP contribution in [0.1, 0.15) is 17.3 Å². The number of carbonyl (C=O) groups excluding carboxylic acids is 2. The Balaban J connectivity index is 1.74. The molecule has 0 atom stereocenters. The highest BCUT2D eigenvalue weighted by Gasteiger charge is 2.27. The van der Waals surface area contributed by atoms with E-state index in [9.17, 15) is 18.0 Å². The van der Waals surface area contributed by atoms with Gasteiger partial charge in [0.05, 0.1) is 22.8 Å². The van der Waals surface area contributed by atoms with Crippen molar-refractivity contribution in [1.82, 2.24) is 9.80 Å². The molecule has 2 amide bonds. The van der Waals surface area contributed by atoms with Gasteiger partial charge in [0.15, 0.2) is 0 Å². The molecule has 1 aliphatic rings. The van der Waals surface area contributed by atoms with Gasteiger partial charge in [-0.1, -0.05) is 28.1 Å². The molecule has 3 rings (SSSR count). The Morgan fingerprint density at radius 2 is 1.60 bits per heavy atom. The van der Waals surface area contributed by atoms with Gasteiger partial charge in [0, 0.05) is 30.7 Å². The number of piperazine rings is 1. The van der Waals surface area contributed by atoms with Crippen molar-refractivity contribution < 1.29 is 22.7 Å². The fraction of sp³-hybridized carbons (Fsp3) is 0.300. The molecule has 1 aliphatic heterocycles. The van der Waals surface area contributed by atoms with Gasteiger partial charge < -0.3 is 14.5 Å². The number of anilines is 1. The maximum absolute atomic E-state index is 13.0. The Morgan fingerprint density at radius 3 is 2.23 bits per heavy atom. The maximum atomic E-state index is 13.0. The standard InChI is InChI=1S/C20H22BrN3O5S/c1-2-29-20(26)24-13-11-23(12-14-24)19(25)17-5-3-4-6-18(17)22-30(27,28)16-9-7-15(21)8-10-16/h3-10,22H,2,11-14H2,1H3. The zero-order valence-electron chi connectivity index (χ0n) is 16.4. The molecule has 10 heteroatoms. The molecule has 160 valence electrons. The van der Waals surface area contributed by atoms with Gasteiger partial charge in [0.2, 0.25) is 0 Å². The fourth-order valence-electron chi connectivity index (χ4n) is 3.05. The van der Waals surface area contributed by atoms with Crippen LogP contribution in [0.5, 0.6) is 0 Å². The second kappa shape index (κ2) is 9.48. The third-order valence-corrected chi connectivity index (χ3v) is 6.53. The van der Waals surface area contributed by atoms with Gasteiger partial charge in [0.1, 0.15) is 0 Å². The minimum atomic E-state index is -3.85. The Morgan fingerprint density at radius 1 is 1.00 bits per heavy atom. The van der Waals surface area contributed by atoms with Gasteiger partial charge >= 0.3 is 6.09 Å². The molecule has 2 aromatic rings. The second-order valence-electron chi connectivity index (χ2n) is 6.58. The molecule has 0 radical (unpaired) electrons. The van der Waals surface area contributed by atoms with E-state index >= 15 is 0 Å². The molecule has 30 heavy (non-hydrogen) atoms. The van der Waals surface area contributed by atoms with Crippen molar-refractivity contribution in [1.29, 1.82) is 0 Å². The summed E-state index contributed by atoms with van der Waals surface area (Å²) < 4.78 is 33.7. The summed E-state index contributed by atoms with van der Waals surface area (Å²) in [5.41, 5.74) is 0.459. The summed E-state index contributed by atoms with van der Waals surface area (Å²) in [6, 6.07) is 12.7. The van der Waals surface area contributed by atoms with Crippen LogP contribution in [-0.4, -0.2) is 63.0 Å². The molecular formula is C20H22BrN3O5S. The Labute approximate surface area is 184 Å². The number of hydrogen-bond donors (Lipinski definition) is 1. The first-order valence-corrected chi connectivity index (χ1v) is 11.7. The second-order valence-corrected chi connectivity index (χ2v) is 9.18. The van der Waals surface area contributed by atoms with Crippen LogP contribution >= 0.6 is 15.9 Å². The molecule has 0 unspecified atom stereocenters. The monoisotopic (exact) mass is 495 g/mol. The van der Waals surface area contributed by atoms with Gasteiger partial charge in [-0.05, 0) is 43.3 Å². The number of ether oxygens (including phenoxy) is 1. The number of benzene rings is 2. The average Bonchev–Trinajstić information content (AvgIpc) is 2.74. The van der Waals surface area contributed by atoms with E-state index in [0.717, 1.165) is 4.47 Å². The molecule has 1 fully saturated rings. The highest BCUT2D eigenvalue weighted by Crippen LogP contribution is 2.23. The van der Waals surface area contributed by atoms with Crippen molar-refractivity contribution >= 4 is 43.6 Å². The third kappa shape index (κ3) is 5.11. The van der Waals surface area contributed by atoms with E-state index in [1.165, 1.54) is 12.1 Å². The van der Waals surface area contributed by atoms with E-state index in [1.54, 1.807) is 53.1 Å². The van der Waals surface area contributed by atoms with Crippen LogP contribution < -0.4 is 4.72 Å². The zero-order chi connectivity index (χ0) is 21.7. The number of halogens is 1. The predicted molar refractivity (Wildman–Crippen MR) is 116 cm³/mol. The quantitative estimate of drug-likeness (QED) is 0.686. The van der Waals surface area contributed by atoms with E-state index in [2.05, 4.69) is 20.7 Å². The highest BCUT2D eigenvalue weighted by molar-refractivity contribution is 9.10. The Bertz CT molecular complexity index is 1020. The largest absolute Gasteiger partial charge is 0.450 e. The van der Waals surface area contributed by atoms with Gasteiger partial charge in [-0.3, -0.25) is 9.52 Å². The van der Waals surface area contributed by atoms with Crippen LogP contribution in [0, 0.1) is 0 Å². The number of nitrogens with zero attached hydrogens (tertiary/aromatic N) is 2. The van der Waals surface area contributed by atoms with Crippen molar-refractivity contribution in [2.75, 3.05) is 37.5 Å². The summed E-state index contributed by atoms with van der Waals surface area (Å²) in [7, 11) is -3.85. The highest BCUT2D eigenvalue weighted by atomic mass is 79.9. The normalized spacial score (nSPS) is 14.3. The van der Waals surface area contributed by atoms with Crippen LogP contribution in [0.25, 0.3) is 0 Å². The van der Waals surface area contributed by atoms with Crippen molar-refractivity contribution in [2.45, 2.75) is 11.8 Å². The zero-order valence-corrected chi connectivity index (χ0v) is 18.8. The number of para-hydroxylation sites is 1. The molecule has 0 spiro atoms.